The maximum atomic E-state index is 11.8. The number of hydrazine groups is 1. The Balaban J connectivity index is 1.18. The highest BCUT2D eigenvalue weighted by molar-refractivity contribution is 5.87. The summed E-state index contributed by atoms with van der Waals surface area (Å²) in [7, 11) is 1.35. The van der Waals surface area contributed by atoms with Crippen molar-refractivity contribution in [2.45, 2.75) is 116 Å². The third-order valence-corrected chi connectivity index (χ3v) is 12.7. The molecular weight excluding hydrogens is 488 g/mol. The number of fused-ring (bicyclic) bond motifs is 6. The van der Waals surface area contributed by atoms with E-state index in [1.165, 1.54) is 52.1 Å². The number of piperidine rings is 1. The van der Waals surface area contributed by atoms with E-state index < -0.39 is 5.97 Å². The molecule has 0 aromatic carbocycles. The molecule has 6 aliphatic rings. The molecule has 5 N–H and O–H groups in total. The Labute approximate surface area is 235 Å². The number of nitrogens with two attached hydrogens (primary N) is 2. The van der Waals surface area contributed by atoms with Crippen molar-refractivity contribution in [1.29, 1.82) is 0 Å². The number of methoxy groups -OCH3 is 1. The van der Waals surface area contributed by atoms with E-state index in [0.717, 1.165) is 43.6 Å². The first-order valence-electron chi connectivity index (χ1n) is 15.7. The summed E-state index contributed by atoms with van der Waals surface area (Å²) >= 11 is 0. The van der Waals surface area contributed by atoms with Crippen LogP contribution in [0.2, 0.25) is 0 Å². The quantitative estimate of drug-likeness (QED) is 0.158. The van der Waals surface area contributed by atoms with E-state index in [1.54, 1.807) is 22.4 Å². The minimum Gasteiger partial charge on any atom is -0.464 e. The van der Waals surface area contributed by atoms with Crippen LogP contribution >= 0.6 is 0 Å². The van der Waals surface area contributed by atoms with Gasteiger partial charge >= 0.3 is 5.97 Å². The van der Waals surface area contributed by atoms with Crippen LogP contribution in [0.4, 0.5) is 0 Å². The second-order valence-electron chi connectivity index (χ2n) is 14.6. The smallest absolute Gasteiger partial charge is 0.355 e. The number of hydrogen-bond acceptors (Lipinski definition) is 7. The molecule has 2 heterocycles. The molecule has 7 heteroatoms. The van der Waals surface area contributed by atoms with Gasteiger partial charge in [0.1, 0.15) is 5.70 Å². The summed E-state index contributed by atoms with van der Waals surface area (Å²) in [6.07, 6.45) is 14.0. The minimum atomic E-state index is -0.525. The predicted molar refractivity (Wildman–Crippen MR) is 153 cm³/mol. The third-order valence-electron chi connectivity index (χ3n) is 12.7. The Hall–Kier alpha value is -1.57. The zero-order chi connectivity index (χ0) is 27.7. The fourth-order valence-electron chi connectivity index (χ4n) is 10.5. The van der Waals surface area contributed by atoms with Crippen LogP contribution in [-0.2, 0) is 14.3 Å². The Morgan fingerprint density at radius 2 is 1.97 bits per heavy atom. The molecular formula is C32H52N4O3. The summed E-state index contributed by atoms with van der Waals surface area (Å²) in [5.41, 5.74) is 9.79. The lowest BCUT2D eigenvalue weighted by Crippen LogP contribution is -2.51. The molecule has 2 aliphatic heterocycles. The van der Waals surface area contributed by atoms with Crippen molar-refractivity contribution in [2.24, 2.45) is 52.5 Å². The number of carbonyl (C=O) groups is 1. The van der Waals surface area contributed by atoms with Crippen molar-refractivity contribution in [3.05, 3.63) is 23.0 Å². The zero-order valence-electron chi connectivity index (χ0n) is 24.9. The van der Waals surface area contributed by atoms with Crippen molar-refractivity contribution in [2.75, 3.05) is 13.7 Å². The van der Waals surface area contributed by atoms with E-state index in [9.17, 15) is 4.79 Å². The zero-order valence-corrected chi connectivity index (χ0v) is 24.9. The van der Waals surface area contributed by atoms with E-state index in [1.807, 2.05) is 0 Å². The van der Waals surface area contributed by atoms with E-state index in [-0.39, 0.29) is 17.3 Å². The van der Waals surface area contributed by atoms with Crippen LogP contribution in [0.1, 0.15) is 91.9 Å². The van der Waals surface area contributed by atoms with E-state index in [2.05, 4.69) is 33.0 Å². The summed E-state index contributed by atoms with van der Waals surface area (Å²) in [6, 6.07) is 0.741. The number of hydrogen-bond donors (Lipinski definition) is 3. The average molecular weight is 541 g/mol. The first-order chi connectivity index (χ1) is 18.6. The van der Waals surface area contributed by atoms with Crippen LogP contribution < -0.4 is 16.9 Å². The molecule has 39 heavy (non-hydrogen) atoms. The Kier molecular flexibility index (Phi) is 7.12. The summed E-state index contributed by atoms with van der Waals surface area (Å²) in [6.45, 7) is 11.0. The molecule has 5 fully saturated rings. The molecule has 6 rings (SSSR count). The maximum Gasteiger partial charge on any atom is 0.355 e. The van der Waals surface area contributed by atoms with Crippen molar-refractivity contribution >= 4 is 5.97 Å². The van der Waals surface area contributed by atoms with Gasteiger partial charge in [-0.2, -0.15) is 0 Å². The van der Waals surface area contributed by atoms with Crippen molar-refractivity contribution < 1.29 is 14.3 Å². The SMILES string of the molecule is COC(=O)/C(N)=C/N(N)C1CCC2(C)C(CCC3C4CCC5(CC(C)=C4CC32)OC2C[C@H](C)CNC2C5C)C1. The predicted octanol–water partition coefficient (Wildman–Crippen LogP) is 4.63. The molecule has 7 nitrogen and oxygen atoms in total. The molecule has 1 spiro atoms. The van der Waals surface area contributed by atoms with E-state index in [4.69, 9.17) is 21.1 Å². The first-order valence-corrected chi connectivity index (χ1v) is 15.7. The number of rotatable bonds is 3. The van der Waals surface area contributed by atoms with Gasteiger partial charge in [-0.25, -0.2) is 10.6 Å². The van der Waals surface area contributed by atoms with Crippen LogP contribution in [0.3, 0.4) is 0 Å². The van der Waals surface area contributed by atoms with Gasteiger partial charge in [0.15, 0.2) is 0 Å². The van der Waals surface area contributed by atoms with Gasteiger partial charge in [-0.1, -0.05) is 31.9 Å². The second-order valence-corrected chi connectivity index (χ2v) is 14.6. The molecule has 0 radical (unpaired) electrons. The van der Waals surface area contributed by atoms with E-state index >= 15 is 0 Å². The molecule has 11 atom stereocenters. The molecule has 218 valence electrons. The summed E-state index contributed by atoms with van der Waals surface area (Å²) in [4.78, 5) is 11.8. The molecule has 3 saturated carbocycles. The summed E-state index contributed by atoms with van der Waals surface area (Å²) < 4.78 is 11.8. The van der Waals surface area contributed by atoms with Gasteiger partial charge in [0.05, 0.1) is 18.8 Å². The molecule has 2 saturated heterocycles. The molecule has 0 aromatic rings. The van der Waals surface area contributed by atoms with Gasteiger partial charge in [0.2, 0.25) is 0 Å². The maximum absolute atomic E-state index is 11.8. The van der Waals surface area contributed by atoms with Crippen LogP contribution in [0, 0.1) is 40.9 Å². The summed E-state index contributed by atoms with van der Waals surface area (Å²) in [5, 5.41) is 5.54. The molecule has 0 bridgehead atoms. The van der Waals surface area contributed by atoms with Gasteiger partial charge in [-0.05, 0) is 113 Å². The standard InChI is InChI=1S/C32H52N4O3/c1-18-12-28-29(35-16-18)20(3)32(39-28)11-9-23-24-7-6-21-13-22(36(34)17-27(33)30(37)38-5)8-10-31(21,4)26(24)14-25(23)19(2)15-32/h17-18,20-24,26,28-29,35H,6-16,33-34H2,1-5H3/b27-17-/t18-,20?,21?,22?,23?,24?,26?,28?,29?,31?,32?/m0/s1. The number of carbonyl (C=O) groups excluding carboxylic acids is 1. The lowest BCUT2D eigenvalue weighted by molar-refractivity contribution is -0.136. The summed E-state index contributed by atoms with van der Waals surface area (Å²) in [5.74, 6) is 10.2. The Morgan fingerprint density at radius 1 is 1.18 bits per heavy atom. The van der Waals surface area contributed by atoms with Crippen LogP contribution in [-0.4, -0.2) is 48.4 Å². The average Bonchev–Trinajstić information content (AvgIpc) is 3.37. The molecule has 0 aromatic heterocycles. The fraction of sp³-hybridized carbons (Fsp3) is 0.844. The number of esters is 1. The van der Waals surface area contributed by atoms with Gasteiger partial charge in [-0.3, -0.25) is 0 Å². The first kappa shape index (κ1) is 27.6. The van der Waals surface area contributed by atoms with Crippen LogP contribution in [0.15, 0.2) is 23.0 Å². The minimum absolute atomic E-state index is 0.0205. The number of ether oxygens (including phenoxy) is 2. The van der Waals surface area contributed by atoms with Gasteiger partial charge in [0.25, 0.3) is 0 Å². The molecule has 4 aliphatic carbocycles. The van der Waals surface area contributed by atoms with Crippen molar-refractivity contribution in [1.82, 2.24) is 10.3 Å². The van der Waals surface area contributed by atoms with Crippen LogP contribution in [0.5, 0.6) is 0 Å². The van der Waals surface area contributed by atoms with Gasteiger partial charge in [0, 0.05) is 24.2 Å². The fourth-order valence-corrected chi connectivity index (χ4v) is 10.5. The highest BCUT2D eigenvalue weighted by atomic mass is 16.5. The normalized spacial score (nSPS) is 47.6. The lowest BCUT2D eigenvalue weighted by Gasteiger charge is -2.55. The number of allylic oxidation sites excluding steroid dienone is 1. The van der Waals surface area contributed by atoms with Crippen molar-refractivity contribution in [3.8, 4) is 0 Å². The van der Waals surface area contributed by atoms with Gasteiger partial charge in [-0.15, -0.1) is 0 Å². The lowest BCUT2D eigenvalue weighted by atomic mass is 9.52. The van der Waals surface area contributed by atoms with Gasteiger partial charge < -0.3 is 25.5 Å². The second kappa shape index (κ2) is 10.1. The topological polar surface area (TPSA) is 103 Å². The Bertz CT molecular complexity index is 1040. The van der Waals surface area contributed by atoms with E-state index in [0.29, 0.717) is 35.3 Å². The molecule has 10 unspecified atom stereocenters. The molecule has 0 amide bonds. The number of nitrogens with one attached hydrogen (secondary N) is 1. The highest BCUT2D eigenvalue weighted by Crippen LogP contribution is 2.65. The Morgan fingerprint density at radius 3 is 2.74 bits per heavy atom. The highest BCUT2D eigenvalue weighted by Gasteiger charge is 2.59. The van der Waals surface area contributed by atoms with Crippen LogP contribution in [0.25, 0.3) is 0 Å². The van der Waals surface area contributed by atoms with Crippen molar-refractivity contribution in [3.63, 3.8) is 0 Å². The largest absolute Gasteiger partial charge is 0.464 e. The monoisotopic (exact) mass is 540 g/mol. The number of nitrogens with zero attached hydrogens (tertiary/aromatic N) is 1. The third kappa shape index (κ3) is 4.46.